The number of fused-ring (bicyclic) bond motifs is 1. The number of hydrogen-bond donors (Lipinski definition) is 1. The fourth-order valence-corrected chi connectivity index (χ4v) is 3.03. The topological polar surface area (TPSA) is 47.7 Å². The van der Waals surface area contributed by atoms with Crippen molar-refractivity contribution in [2.45, 2.75) is 12.5 Å². The highest BCUT2D eigenvalue weighted by molar-refractivity contribution is 5.50. The zero-order valence-corrected chi connectivity index (χ0v) is 11.1. The van der Waals surface area contributed by atoms with Crippen LogP contribution in [0.25, 0.3) is 0 Å². The molecule has 0 bridgehead atoms. The van der Waals surface area contributed by atoms with E-state index in [1.807, 2.05) is 6.07 Å². The molecule has 0 spiro atoms. The Hall–Kier alpha value is -1.33. The first kappa shape index (κ1) is 12.7. The average Bonchev–Trinajstić information content (AvgIpc) is 2.81. The number of rotatable bonds is 2. The van der Waals surface area contributed by atoms with E-state index in [9.17, 15) is 4.39 Å². The predicted molar refractivity (Wildman–Crippen MR) is 69.9 cm³/mol. The van der Waals surface area contributed by atoms with Crippen molar-refractivity contribution in [3.8, 4) is 11.5 Å². The Morgan fingerprint density at radius 1 is 1.32 bits per heavy atom. The van der Waals surface area contributed by atoms with Gasteiger partial charge >= 0.3 is 0 Å². The molecule has 2 atom stereocenters. The third-order valence-electron chi connectivity index (χ3n) is 4.00. The number of nitrogens with zero attached hydrogens (tertiary/aromatic N) is 1. The van der Waals surface area contributed by atoms with E-state index in [1.54, 1.807) is 0 Å². The number of ether oxygens (including phenoxy) is 2. The van der Waals surface area contributed by atoms with Crippen molar-refractivity contribution in [3.05, 3.63) is 23.5 Å². The van der Waals surface area contributed by atoms with E-state index in [4.69, 9.17) is 15.2 Å². The average molecular weight is 266 g/mol. The monoisotopic (exact) mass is 266 g/mol. The Labute approximate surface area is 112 Å². The summed E-state index contributed by atoms with van der Waals surface area (Å²) in [5.74, 6) is 0.962. The van der Waals surface area contributed by atoms with Crippen molar-refractivity contribution in [1.29, 1.82) is 0 Å². The van der Waals surface area contributed by atoms with Gasteiger partial charge in [0.2, 0.25) is 0 Å². The molecule has 19 heavy (non-hydrogen) atoms. The summed E-state index contributed by atoms with van der Waals surface area (Å²) >= 11 is 0. The van der Waals surface area contributed by atoms with E-state index in [2.05, 4.69) is 11.9 Å². The Kier molecular flexibility index (Phi) is 3.33. The van der Waals surface area contributed by atoms with Crippen LogP contribution >= 0.6 is 0 Å². The third kappa shape index (κ3) is 2.17. The molecule has 1 saturated heterocycles. The molecule has 0 aliphatic carbocycles. The van der Waals surface area contributed by atoms with Crippen molar-refractivity contribution >= 4 is 0 Å². The lowest BCUT2D eigenvalue weighted by molar-refractivity contribution is 0.159. The fourth-order valence-electron chi connectivity index (χ4n) is 3.03. The minimum atomic E-state index is -0.352. The van der Waals surface area contributed by atoms with Gasteiger partial charge in [0.1, 0.15) is 13.2 Å². The second kappa shape index (κ2) is 4.98. The second-order valence-electron chi connectivity index (χ2n) is 5.28. The maximum Gasteiger partial charge on any atom is 0.197 e. The van der Waals surface area contributed by atoms with Crippen LogP contribution in [0.5, 0.6) is 11.5 Å². The molecule has 0 amide bonds. The van der Waals surface area contributed by atoms with Crippen molar-refractivity contribution < 1.29 is 13.9 Å². The number of halogens is 1. The summed E-state index contributed by atoms with van der Waals surface area (Å²) in [6, 6.07) is 3.50. The number of hydrogen-bond acceptors (Lipinski definition) is 4. The first-order chi connectivity index (χ1) is 9.20. The van der Waals surface area contributed by atoms with E-state index < -0.39 is 0 Å². The molecule has 0 radical (unpaired) electrons. The smallest absolute Gasteiger partial charge is 0.197 e. The fraction of sp³-hybridized carbons (Fsp3) is 0.571. The van der Waals surface area contributed by atoms with Gasteiger partial charge in [-0.05, 0) is 32.0 Å². The normalized spacial score (nSPS) is 26.7. The van der Waals surface area contributed by atoms with Crippen LogP contribution in [0.1, 0.15) is 18.0 Å². The molecule has 0 aromatic heterocycles. The van der Waals surface area contributed by atoms with Gasteiger partial charge in [0.05, 0.1) is 0 Å². The third-order valence-corrected chi connectivity index (χ3v) is 4.00. The van der Waals surface area contributed by atoms with Gasteiger partial charge in [-0.25, -0.2) is 4.39 Å². The Morgan fingerprint density at radius 2 is 2.05 bits per heavy atom. The van der Waals surface area contributed by atoms with Gasteiger partial charge < -0.3 is 15.2 Å². The van der Waals surface area contributed by atoms with Crippen molar-refractivity contribution in [2.75, 3.05) is 33.4 Å². The van der Waals surface area contributed by atoms with E-state index >= 15 is 0 Å². The van der Waals surface area contributed by atoms with Crippen LogP contribution in [0.3, 0.4) is 0 Å². The van der Waals surface area contributed by atoms with Gasteiger partial charge in [-0.2, -0.15) is 0 Å². The molecule has 5 heteroatoms. The summed E-state index contributed by atoms with van der Waals surface area (Å²) in [7, 11) is 2.07. The minimum Gasteiger partial charge on any atom is -0.486 e. The van der Waals surface area contributed by atoms with Crippen LogP contribution in [0.2, 0.25) is 0 Å². The minimum absolute atomic E-state index is 0.226. The highest BCUT2D eigenvalue weighted by Gasteiger charge is 2.34. The summed E-state index contributed by atoms with van der Waals surface area (Å²) in [4.78, 5) is 2.25. The van der Waals surface area contributed by atoms with E-state index in [0.29, 0.717) is 31.4 Å². The van der Waals surface area contributed by atoms with Gasteiger partial charge in [-0.3, -0.25) is 4.90 Å². The maximum absolute atomic E-state index is 13.7. The Morgan fingerprint density at radius 3 is 2.74 bits per heavy atom. The van der Waals surface area contributed by atoms with Crippen molar-refractivity contribution in [1.82, 2.24) is 4.90 Å². The number of benzene rings is 1. The first-order valence-electron chi connectivity index (χ1n) is 6.69. The summed E-state index contributed by atoms with van der Waals surface area (Å²) in [6.45, 7) is 2.52. The second-order valence-corrected chi connectivity index (χ2v) is 5.28. The molecule has 104 valence electrons. The molecule has 1 aromatic rings. The lowest BCUT2D eigenvalue weighted by atomic mass is 9.98. The highest BCUT2D eigenvalue weighted by atomic mass is 19.1. The molecule has 2 aliphatic rings. The summed E-state index contributed by atoms with van der Waals surface area (Å²) < 4.78 is 24.8. The SMILES string of the molecule is CN1CC(CN)CC1c1ccc(F)c2c1OCCO2. The molecule has 2 unspecified atom stereocenters. The largest absolute Gasteiger partial charge is 0.486 e. The lowest BCUT2D eigenvalue weighted by Crippen LogP contribution is -2.23. The van der Waals surface area contributed by atoms with Gasteiger partial charge in [0, 0.05) is 18.2 Å². The molecule has 2 aliphatic heterocycles. The van der Waals surface area contributed by atoms with Crippen LogP contribution in [0, 0.1) is 11.7 Å². The van der Waals surface area contributed by atoms with Crippen LogP contribution < -0.4 is 15.2 Å². The Bertz CT molecular complexity index is 481. The van der Waals surface area contributed by atoms with Crippen LogP contribution in [-0.4, -0.2) is 38.3 Å². The summed E-state index contributed by atoms with van der Waals surface area (Å²) in [5, 5.41) is 0. The Balaban J connectivity index is 1.97. The summed E-state index contributed by atoms with van der Waals surface area (Å²) in [5.41, 5.74) is 6.76. The molecule has 2 heterocycles. The van der Waals surface area contributed by atoms with Gasteiger partial charge in [-0.15, -0.1) is 0 Å². The molecular formula is C14H19FN2O2. The van der Waals surface area contributed by atoms with Gasteiger partial charge in [0.25, 0.3) is 0 Å². The summed E-state index contributed by atoms with van der Waals surface area (Å²) in [6.07, 6.45) is 0.981. The molecule has 4 nitrogen and oxygen atoms in total. The maximum atomic E-state index is 13.7. The van der Waals surface area contributed by atoms with Crippen LogP contribution in [-0.2, 0) is 0 Å². The molecular weight excluding hydrogens is 247 g/mol. The van der Waals surface area contributed by atoms with Gasteiger partial charge in [-0.1, -0.05) is 6.07 Å². The van der Waals surface area contributed by atoms with E-state index in [1.165, 1.54) is 6.07 Å². The molecule has 1 aromatic carbocycles. The van der Waals surface area contributed by atoms with Crippen LogP contribution in [0.15, 0.2) is 12.1 Å². The standard InChI is InChI=1S/C14H19FN2O2/c1-17-8-9(7-16)6-12(17)10-2-3-11(15)14-13(10)18-4-5-19-14/h2-3,9,12H,4-8,16H2,1H3. The first-order valence-corrected chi connectivity index (χ1v) is 6.69. The van der Waals surface area contributed by atoms with E-state index in [-0.39, 0.29) is 17.6 Å². The van der Waals surface area contributed by atoms with Crippen LogP contribution in [0.4, 0.5) is 4.39 Å². The highest BCUT2D eigenvalue weighted by Crippen LogP contribution is 2.44. The molecule has 3 rings (SSSR count). The number of nitrogens with two attached hydrogens (primary N) is 1. The zero-order valence-electron chi connectivity index (χ0n) is 11.1. The molecule has 2 N–H and O–H groups in total. The molecule has 1 fully saturated rings. The predicted octanol–water partition coefficient (Wildman–Crippen LogP) is 1.55. The number of likely N-dealkylation sites (tertiary alicyclic amines) is 1. The molecule has 0 saturated carbocycles. The quantitative estimate of drug-likeness (QED) is 0.882. The van der Waals surface area contributed by atoms with Crippen molar-refractivity contribution in [3.63, 3.8) is 0 Å². The van der Waals surface area contributed by atoms with Crippen molar-refractivity contribution in [2.24, 2.45) is 11.7 Å². The lowest BCUT2D eigenvalue weighted by Gasteiger charge is -2.26. The zero-order chi connectivity index (χ0) is 13.4. The van der Waals surface area contributed by atoms with Gasteiger partial charge in [0.15, 0.2) is 17.3 Å². The van der Waals surface area contributed by atoms with E-state index in [0.717, 1.165) is 18.5 Å².